The van der Waals surface area contributed by atoms with Gasteiger partial charge >= 0.3 is 0 Å². The number of amides is 1. The van der Waals surface area contributed by atoms with E-state index in [1.165, 1.54) is 10.4 Å². The number of carbonyl (C=O) groups is 1. The molecule has 1 amide bonds. The van der Waals surface area contributed by atoms with Crippen molar-refractivity contribution in [2.45, 2.75) is 25.9 Å². The zero-order valence-corrected chi connectivity index (χ0v) is 16.9. The monoisotopic (exact) mass is 394 g/mol. The molecule has 0 saturated carbocycles. The molecule has 144 valence electrons. The second-order valence-electron chi connectivity index (χ2n) is 7.28. The zero-order valence-electron chi connectivity index (χ0n) is 16.1. The summed E-state index contributed by atoms with van der Waals surface area (Å²) in [4.78, 5) is 15.5. The van der Waals surface area contributed by atoms with Gasteiger partial charge in [0.25, 0.3) is 5.91 Å². The first kappa shape index (κ1) is 18.7. The Morgan fingerprint density at radius 3 is 2.75 bits per heavy atom. The molecule has 0 aliphatic carbocycles. The number of quaternary nitrogens is 1. The predicted molar refractivity (Wildman–Crippen MR) is 110 cm³/mol. The van der Waals surface area contributed by atoms with Crippen molar-refractivity contribution in [1.29, 1.82) is 0 Å². The van der Waals surface area contributed by atoms with Crippen LogP contribution in [0.25, 0.3) is 0 Å². The number of furan rings is 1. The van der Waals surface area contributed by atoms with Gasteiger partial charge in [0.1, 0.15) is 18.3 Å². The normalized spacial score (nSPS) is 17.6. The summed E-state index contributed by atoms with van der Waals surface area (Å²) >= 11 is 1.72. The lowest BCUT2D eigenvalue weighted by molar-refractivity contribution is -0.885. The fraction of sp³-hybridized carbons (Fsp3) is 0.273. The van der Waals surface area contributed by atoms with Gasteiger partial charge in [0.15, 0.2) is 6.54 Å². The number of nitrogens with zero attached hydrogens (tertiary/aromatic N) is 2. The van der Waals surface area contributed by atoms with Gasteiger partial charge in [-0.3, -0.25) is 4.79 Å². The summed E-state index contributed by atoms with van der Waals surface area (Å²) < 4.78 is 5.62. The second-order valence-corrected chi connectivity index (χ2v) is 8.31. The van der Waals surface area contributed by atoms with Crippen LogP contribution in [0.1, 0.15) is 34.2 Å². The maximum atomic E-state index is 13.1. The Balaban J connectivity index is 1.53. The molecule has 0 fully saturated rings. The first-order chi connectivity index (χ1) is 13.6. The van der Waals surface area contributed by atoms with Gasteiger partial charge in [-0.1, -0.05) is 35.9 Å². The number of nitrogens with one attached hydrogen (secondary N) is 1. The molecule has 0 spiro atoms. The standard InChI is InChI=1S/C22H23N3O2S/c1-16-7-9-17(10-8-16)19-13-20(21-6-3-11-27-21)25(23-19)22(26)15-24(2)14-18-5-4-12-28-18/h3-12,20H,13-15H2,1-2H3/p+1/t20-/m0/s1. The fourth-order valence-electron chi connectivity index (χ4n) is 3.48. The van der Waals surface area contributed by atoms with E-state index in [0.29, 0.717) is 13.0 Å². The summed E-state index contributed by atoms with van der Waals surface area (Å²) in [5.74, 6) is 0.785. The lowest BCUT2D eigenvalue weighted by atomic mass is 10.0. The molecule has 0 radical (unpaired) electrons. The van der Waals surface area contributed by atoms with E-state index >= 15 is 0 Å². The third-order valence-electron chi connectivity index (χ3n) is 4.93. The van der Waals surface area contributed by atoms with E-state index in [4.69, 9.17) is 9.52 Å². The fourth-order valence-corrected chi connectivity index (χ4v) is 4.29. The van der Waals surface area contributed by atoms with Gasteiger partial charge in [0.05, 0.1) is 23.9 Å². The summed E-state index contributed by atoms with van der Waals surface area (Å²) in [6, 6.07) is 16.0. The van der Waals surface area contributed by atoms with E-state index in [2.05, 4.69) is 42.6 Å². The Morgan fingerprint density at radius 1 is 1.25 bits per heavy atom. The molecule has 3 aromatic rings. The van der Waals surface area contributed by atoms with Crippen LogP contribution in [0.15, 0.2) is 69.7 Å². The van der Waals surface area contributed by atoms with Crippen molar-refractivity contribution in [3.63, 3.8) is 0 Å². The van der Waals surface area contributed by atoms with Crippen molar-refractivity contribution in [2.24, 2.45) is 5.10 Å². The topological polar surface area (TPSA) is 50.2 Å². The number of carbonyl (C=O) groups excluding carboxylic acids is 1. The minimum atomic E-state index is -0.187. The number of thiophene rings is 1. The van der Waals surface area contributed by atoms with Crippen LogP contribution >= 0.6 is 11.3 Å². The predicted octanol–water partition coefficient (Wildman–Crippen LogP) is 3.04. The highest BCUT2D eigenvalue weighted by Gasteiger charge is 2.35. The largest absolute Gasteiger partial charge is 0.467 e. The van der Waals surface area contributed by atoms with Crippen LogP contribution in [0.4, 0.5) is 0 Å². The minimum Gasteiger partial charge on any atom is -0.467 e. The van der Waals surface area contributed by atoms with E-state index in [9.17, 15) is 4.79 Å². The molecular weight excluding hydrogens is 370 g/mol. The first-order valence-electron chi connectivity index (χ1n) is 9.44. The van der Waals surface area contributed by atoms with Gasteiger partial charge in [-0.05, 0) is 36.1 Å². The van der Waals surface area contributed by atoms with E-state index < -0.39 is 0 Å². The SMILES string of the molecule is Cc1ccc(C2=NN(C(=O)C[NH+](C)Cc3cccs3)[C@H](c3ccco3)C2)cc1. The summed E-state index contributed by atoms with van der Waals surface area (Å²) in [7, 11) is 2.04. The molecule has 0 saturated heterocycles. The highest BCUT2D eigenvalue weighted by molar-refractivity contribution is 7.09. The van der Waals surface area contributed by atoms with Crippen LogP contribution < -0.4 is 4.90 Å². The molecule has 28 heavy (non-hydrogen) atoms. The molecule has 1 aliphatic heterocycles. The van der Waals surface area contributed by atoms with Crippen molar-refractivity contribution in [1.82, 2.24) is 5.01 Å². The van der Waals surface area contributed by atoms with Crippen LogP contribution in [0.2, 0.25) is 0 Å². The average molecular weight is 395 g/mol. The van der Waals surface area contributed by atoms with Gasteiger partial charge < -0.3 is 9.32 Å². The Bertz CT molecular complexity index is 946. The smallest absolute Gasteiger partial charge is 0.298 e. The highest BCUT2D eigenvalue weighted by Crippen LogP contribution is 2.32. The molecule has 4 rings (SSSR count). The quantitative estimate of drug-likeness (QED) is 0.699. The molecule has 3 heterocycles. The average Bonchev–Trinajstić information content (AvgIpc) is 3.43. The van der Waals surface area contributed by atoms with Crippen LogP contribution in [-0.2, 0) is 11.3 Å². The molecular formula is C22H24N3O2S+. The third kappa shape index (κ3) is 4.08. The number of benzene rings is 1. The van der Waals surface area contributed by atoms with Crippen LogP contribution in [-0.4, -0.2) is 30.2 Å². The highest BCUT2D eigenvalue weighted by atomic mass is 32.1. The van der Waals surface area contributed by atoms with E-state index in [-0.39, 0.29) is 11.9 Å². The lowest BCUT2D eigenvalue weighted by Crippen LogP contribution is -3.08. The molecule has 1 aromatic carbocycles. The van der Waals surface area contributed by atoms with Crippen LogP contribution in [0.5, 0.6) is 0 Å². The number of hydrogen-bond acceptors (Lipinski definition) is 4. The van der Waals surface area contributed by atoms with Crippen LogP contribution in [0, 0.1) is 6.92 Å². The lowest BCUT2D eigenvalue weighted by Gasteiger charge is -2.21. The zero-order chi connectivity index (χ0) is 19.5. The van der Waals surface area contributed by atoms with Crippen molar-refractivity contribution in [3.05, 3.63) is 81.9 Å². The Morgan fingerprint density at radius 2 is 2.07 bits per heavy atom. The van der Waals surface area contributed by atoms with Crippen molar-refractivity contribution in [3.8, 4) is 0 Å². The maximum absolute atomic E-state index is 13.1. The summed E-state index contributed by atoms with van der Waals surface area (Å²) in [5.41, 5.74) is 3.18. The van der Waals surface area contributed by atoms with Gasteiger partial charge in [-0.15, -0.1) is 11.3 Å². The van der Waals surface area contributed by atoms with E-state index in [1.807, 2.05) is 25.2 Å². The van der Waals surface area contributed by atoms with Gasteiger partial charge in [0, 0.05) is 6.42 Å². The molecule has 6 heteroatoms. The number of rotatable bonds is 6. The molecule has 5 nitrogen and oxygen atoms in total. The maximum Gasteiger partial charge on any atom is 0.298 e. The number of hydrazone groups is 1. The van der Waals surface area contributed by atoms with E-state index in [0.717, 1.165) is 28.5 Å². The first-order valence-corrected chi connectivity index (χ1v) is 10.3. The molecule has 1 aliphatic rings. The van der Waals surface area contributed by atoms with Crippen molar-refractivity contribution in [2.75, 3.05) is 13.6 Å². The number of aryl methyl sites for hydroxylation is 1. The van der Waals surface area contributed by atoms with Gasteiger partial charge in [-0.25, -0.2) is 5.01 Å². The summed E-state index contributed by atoms with van der Waals surface area (Å²) in [6.07, 6.45) is 2.31. The minimum absolute atomic E-state index is 0.0116. The number of likely N-dealkylation sites (N-methyl/N-ethyl adjacent to an activating group) is 1. The van der Waals surface area contributed by atoms with Gasteiger partial charge in [-0.2, -0.15) is 5.10 Å². The second kappa shape index (κ2) is 8.12. The Hall–Kier alpha value is -2.70. The summed E-state index contributed by atoms with van der Waals surface area (Å²) in [5, 5.41) is 8.39. The molecule has 1 unspecified atom stereocenters. The number of hydrogen-bond donors (Lipinski definition) is 1. The summed E-state index contributed by atoms with van der Waals surface area (Å²) in [6.45, 7) is 3.28. The molecule has 2 atom stereocenters. The molecule has 0 bridgehead atoms. The van der Waals surface area contributed by atoms with Crippen LogP contribution in [0.3, 0.4) is 0 Å². The van der Waals surface area contributed by atoms with E-state index in [1.54, 1.807) is 22.6 Å². The van der Waals surface area contributed by atoms with Gasteiger partial charge in [0.2, 0.25) is 0 Å². The third-order valence-corrected chi connectivity index (χ3v) is 5.81. The molecule has 1 N–H and O–H groups in total. The van der Waals surface area contributed by atoms with Crippen molar-refractivity contribution < 1.29 is 14.1 Å². The molecule has 2 aromatic heterocycles. The Labute approximate surface area is 168 Å². The Kier molecular flexibility index (Phi) is 5.41. The van der Waals surface area contributed by atoms with Crippen molar-refractivity contribution >= 4 is 23.0 Å².